The van der Waals surface area contributed by atoms with Gasteiger partial charge in [-0.3, -0.25) is 4.79 Å². The second-order valence-corrected chi connectivity index (χ2v) is 6.50. The Bertz CT molecular complexity index is 342. The SMILES string of the molecule is CC1CN(C(=O)C(C(N)=S)C(C)C)CC(C)(C)O1. The zero-order valence-corrected chi connectivity index (χ0v) is 12.7. The number of carbonyl (C=O) groups is 1. The number of nitrogens with two attached hydrogens (primary N) is 1. The Morgan fingerprint density at radius 3 is 2.44 bits per heavy atom. The lowest BCUT2D eigenvalue weighted by molar-refractivity contribution is -0.160. The van der Waals surface area contributed by atoms with E-state index in [9.17, 15) is 4.79 Å². The van der Waals surface area contributed by atoms with E-state index in [2.05, 4.69) is 0 Å². The number of rotatable bonds is 3. The van der Waals surface area contributed by atoms with Crippen molar-refractivity contribution >= 4 is 23.1 Å². The first kappa shape index (κ1) is 15.4. The first-order valence-electron chi connectivity index (χ1n) is 6.40. The van der Waals surface area contributed by atoms with Crippen LogP contribution in [0.3, 0.4) is 0 Å². The van der Waals surface area contributed by atoms with Crippen molar-refractivity contribution in [2.45, 2.75) is 46.3 Å². The largest absolute Gasteiger partial charge is 0.393 e. The molecule has 0 aromatic rings. The minimum atomic E-state index is -0.374. The molecular formula is C13H24N2O2S. The molecule has 2 atom stereocenters. The Morgan fingerprint density at radius 2 is 2.06 bits per heavy atom. The van der Waals surface area contributed by atoms with Gasteiger partial charge < -0.3 is 15.4 Å². The highest BCUT2D eigenvalue weighted by atomic mass is 32.1. The zero-order valence-electron chi connectivity index (χ0n) is 11.9. The van der Waals surface area contributed by atoms with Crippen molar-refractivity contribution in [1.29, 1.82) is 0 Å². The summed E-state index contributed by atoms with van der Waals surface area (Å²) in [5, 5.41) is 0. The van der Waals surface area contributed by atoms with Crippen LogP contribution < -0.4 is 5.73 Å². The van der Waals surface area contributed by atoms with E-state index in [-0.39, 0.29) is 34.4 Å². The highest BCUT2D eigenvalue weighted by molar-refractivity contribution is 7.80. The Morgan fingerprint density at radius 1 is 1.50 bits per heavy atom. The lowest BCUT2D eigenvalue weighted by Gasteiger charge is -2.43. The monoisotopic (exact) mass is 272 g/mol. The fourth-order valence-corrected chi connectivity index (χ4v) is 2.93. The standard InChI is InChI=1S/C13H24N2O2S/c1-8(2)10(11(14)18)12(16)15-6-9(3)17-13(4,5)7-15/h8-10H,6-7H2,1-5H3,(H2,14,18). The smallest absolute Gasteiger partial charge is 0.232 e. The predicted molar refractivity (Wildman–Crippen MR) is 76.3 cm³/mol. The second-order valence-electron chi connectivity index (χ2n) is 6.03. The fraction of sp³-hybridized carbons (Fsp3) is 0.846. The molecule has 5 heteroatoms. The van der Waals surface area contributed by atoms with E-state index < -0.39 is 0 Å². The molecule has 1 rings (SSSR count). The molecule has 1 aliphatic rings. The number of nitrogens with zero attached hydrogens (tertiary/aromatic N) is 1. The maximum absolute atomic E-state index is 12.5. The number of morpholine rings is 1. The molecule has 0 aliphatic carbocycles. The minimum Gasteiger partial charge on any atom is -0.393 e. The van der Waals surface area contributed by atoms with Crippen LogP contribution >= 0.6 is 12.2 Å². The van der Waals surface area contributed by atoms with Gasteiger partial charge in [0.15, 0.2) is 0 Å². The van der Waals surface area contributed by atoms with Crippen LogP contribution in [0.2, 0.25) is 0 Å². The normalized spacial score (nSPS) is 25.0. The Hall–Kier alpha value is -0.680. The molecule has 0 radical (unpaired) electrons. The Kier molecular flexibility index (Phi) is 4.72. The van der Waals surface area contributed by atoms with E-state index >= 15 is 0 Å². The fourth-order valence-electron chi connectivity index (χ4n) is 2.55. The predicted octanol–water partition coefficient (Wildman–Crippen LogP) is 1.57. The van der Waals surface area contributed by atoms with Crippen molar-refractivity contribution in [2.24, 2.45) is 17.6 Å². The molecule has 1 fully saturated rings. The van der Waals surface area contributed by atoms with E-state index in [1.54, 1.807) is 0 Å². The van der Waals surface area contributed by atoms with E-state index in [0.29, 0.717) is 13.1 Å². The number of ether oxygens (including phenoxy) is 1. The second kappa shape index (κ2) is 5.53. The molecule has 0 bridgehead atoms. The average molecular weight is 272 g/mol. The van der Waals surface area contributed by atoms with Gasteiger partial charge in [0.05, 0.1) is 22.6 Å². The molecule has 0 spiro atoms. The van der Waals surface area contributed by atoms with Gasteiger partial charge in [-0.15, -0.1) is 0 Å². The van der Waals surface area contributed by atoms with Crippen molar-refractivity contribution in [3.63, 3.8) is 0 Å². The molecule has 0 aromatic heterocycles. The molecule has 0 aromatic carbocycles. The highest BCUT2D eigenvalue weighted by Gasteiger charge is 2.37. The summed E-state index contributed by atoms with van der Waals surface area (Å²) in [6, 6.07) is 0. The lowest BCUT2D eigenvalue weighted by Crippen LogP contribution is -2.56. The molecule has 1 amide bonds. The van der Waals surface area contributed by atoms with Crippen LogP contribution in [0, 0.1) is 11.8 Å². The maximum atomic E-state index is 12.5. The molecule has 18 heavy (non-hydrogen) atoms. The van der Waals surface area contributed by atoms with E-state index in [1.807, 2.05) is 39.5 Å². The molecule has 2 unspecified atom stereocenters. The summed E-state index contributed by atoms with van der Waals surface area (Å²) in [5.41, 5.74) is 5.39. The maximum Gasteiger partial charge on any atom is 0.232 e. The third-order valence-corrected chi connectivity index (χ3v) is 3.37. The molecule has 1 heterocycles. The van der Waals surface area contributed by atoms with Crippen LogP contribution in [0.1, 0.15) is 34.6 Å². The zero-order chi connectivity index (χ0) is 14.1. The van der Waals surface area contributed by atoms with Crippen LogP contribution in [0.5, 0.6) is 0 Å². The first-order valence-corrected chi connectivity index (χ1v) is 6.81. The van der Waals surface area contributed by atoms with Crippen molar-refractivity contribution in [3.05, 3.63) is 0 Å². The quantitative estimate of drug-likeness (QED) is 0.792. The van der Waals surface area contributed by atoms with E-state index in [1.165, 1.54) is 0 Å². The summed E-state index contributed by atoms with van der Waals surface area (Å²) in [6.45, 7) is 11.1. The number of amides is 1. The van der Waals surface area contributed by atoms with Crippen molar-refractivity contribution in [1.82, 2.24) is 4.90 Å². The molecule has 1 aliphatic heterocycles. The lowest BCUT2D eigenvalue weighted by atomic mass is 9.93. The Labute approximate surface area is 115 Å². The summed E-state index contributed by atoms with van der Waals surface area (Å²) in [6.07, 6.45) is 0.0388. The van der Waals surface area contributed by atoms with Crippen molar-refractivity contribution in [3.8, 4) is 0 Å². The van der Waals surface area contributed by atoms with Gasteiger partial charge in [0.25, 0.3) is 0 Å². The van der Waals surface area contributed by atoms with Gasteiger partial charge in [-0.05, 0) is 26.7 Å². The molecule has 4 nitrogen and oxygen atoms in total. The van der Waals surface area contributed by atoms with E-state index in [0.717, 1.165) is 0 Å². The minimum absolute atomic E-state index is 0.0284. The van der Waals surface area contributed by atoms with E-state index in [4.69, 9.17) is 22.7 Å². The number of hydrogen-bond acceptors (Lipinski definition) is 3. The van der Waals surface area contributed by atoms with Gasteiger partial charge in [-0.2, -0.15) is 0 Å². The first-order chi connectivity index (χ1) is 8.14. The number of thiocarbonyl (C=S) groups is 1. The Balaban J connectivity index is 2.85. The van der Waals surface area contributed by atoms with Crippen LogP contribution in [0.15, 0.2) is 0 Å². The van der Waals surface area contributed by atoms with Crippen molar-refractivity contribution in [2.75, 3.05) is 13.1 Å². The summed E-state index contributed by atoms with van der Waals surface area (Å²) < 4.78 is 5.80. The summed E-state index contributed by atoms with van der Waals surface area (Å²) in [5.74, 6) is -0.224. The summed E-state index contributed by atoms with van der Waals surface area (Å²) in [7, 11) is 0. The summed E-state index contributed by atoms with van der Waals surface area (Å²) in [4.78, 5) is 14.6. The van der Waals surface area contributed by atoms with Gasteiger partial charge >= 0.3 is 0 Å². The molecule has 0 saturated carbocycles. The van der Waals surface area contributed by atoms with Gasteiger partial charge in [-0.25, -0.2) is 0 Å². The van der Waals surface area contributed by atoms with Crippen molar-refractivity contribution < 1.29 is 9.53 Å². The average Bonchev–Trinajstić information content (AvgIpc) is 2.12. The summed E-state index contributed by atoms with van der Waals surface area (Å²) >= 11 is 5.02. The highest BCUT2D eigenvalue weighted by Crippen LogP contribution is 2.24. The third kappa shape index (κ3) is 3.65. The van der Waals surface area contributed by atoms with Gasteiger partial charge in [0.2, 0.25) is 5.91 Å². The van der Waals surface area contributed by atoms with Crippen LogP contribution in [0.25, 0.3) is 0 Å². The third-order valence-electron chi connectivity index (χ3n) is 3.12. The number of hydrogen-bond donors (Lipinski definition) is 1. The molecule has 104 valence electrons. The molecule has 1 saturated heterocycles. The van der Waals surface area contributed by atoms with Gasteiger partial charge in [-0.1, -0.05) is 26.1 Å². The molecule has 2 N–H and O–H groups in total. The molecular weight excluding hydrogens is 248 g/mol. The van der Waals surface area contributed by atoms with Gasteiger partial charge in [0.1, 0.15) is 0 Å². The van der Waals surface area contributed by atoms with Crippen LogP contribution in [-0.2, 0) is 9.53 Å². The van der Waals surface area contributed by atoms with Gasteiger partial charge in [0, 0.05) is 13.1 Å². The number of carbonyl (C=O) groups excluding carboxylic acids is 1. The topological polar surface area (TPSA) is 55.6 Å². The van der Waals surface area contributed by atoms with Crippen LogP contribution in [-0.4, -0.2) is 40.6 Å². The van der Waals surface area contributed by atoms with Crippen LogP contribution in [0.4, 0.5) is 0 Å².